The van der Waals surface area contributed by atoms with Crippen molar-refractivity contribution in [2.75, 3.05) is 6.54 Å². The number of benzene rings is 1. The largest absolute Gasteiger partial charge is 0.391 e. The maximum absolute atomic E-state index is 13.4. The zero-order valence-electron chi connectivity index (χ0n) is 20.4. The standard InChI is InChI=1S/C25H36N4O3S/c1-15(2)28-22(25(4,5)6)24(32)29-13-19(30)11-20(29)23(31)26-12-17-7-9-18(10-8-17)21-16(3)27-14-33-21/h7-10,14-15,19-20,22,28,30H,11-13H2,1-6H3,(H,26,31)/t19-,20-,22-/m0/s1. The summed E-state index contributed by atoms with van der Waals surface area (Å²) >= 11 is 1.61. The van der Waals surface area contributed by atoms with Crippen molar-refractivity contribution in [1.82, 2.24) is 20.5 Å². The molecule has 1 aromatic carbocycles. The van der Waals surface area contributed by atoms with Gasteiger partial charge in [-0.15, -0.1) is 11.3 Å². The number of rotatable bonds is 7. The lowest BCUT2D eigenvalue weighted by molar-refractivity contribution is -0.142. The summed E-state index contributed by atoms with van der Waals surface area (Å²) in [4.78, 5) is 33.4. The van der Waals surface area contributed by atoms with Crippen LogP contribution in [0.1, 0.15) is 52.3 Å². The average Bonchev–Trinajstić information content (AvgIpc) is 3.35. The molecule has 1 fully saturated rings. The summed E-state index contributed by atoms with van der Waals surface area (Å²) in [6, 6.07) is 7.04. The lowest BCUT2D eigenvalue weighted by Gasteiger charge is -2.36. The molecule has 7 nitrogen and oxygen atoms in total. The summed E-state index contributed by atoms with van der Waals surface area (Å²) in [7, 11) is 0. The van der Waals surface area contributed by atoms with Gasteiger partial charge in [-0.1, -0.05) is 58.9 Å². The average molecular weight is 473 g/mol. The first-order chi connectivity index (χ1) is 15.5. The highest BCUT2D eigenvalue weighted by Gasteiger charge is 2.43. The second-order valence-corrected chi connectivity index (χ2v) is 11.1. The van der Waals surface area contributed by atoms with Crippen LogP contribution in [-0.2, 0) is 16.1 Å². The van der Waals surface area contributed by atoms with Crippen LogP contribution in [0, 0.1) is 12.3 Å². The number of thiazole rings is 1. The number of hydrogen-bond acceptors (Lipinski definition) is 6. The topological polar surface area (TPSA) is 94.6 Å². The van der Waals surface area contributed by atoms with Crippen LogP contribution in [0.2, 0.25) is 0 Å². The van der Waals surface area contributed by atoms with Crippen molar-refractivity contribution in [3.05, 3.63) is 41.0 Å². The molecule has 33 heavy (non-hydrogen) atoms. The summed E-state index contributed by atoms with van der Waals surface area (Å²) < 4.78 is 0. The van der Waals surface area contributed by atoms with E-state index in [1.165, 1.54) is 0 Å². The number of carbonyl (C=O) groups is 2. The normalized spacial score (nSPS) is 19.7. The molecule has 0 spiro atoms. The van der Waals surface area contributed by atoms with Gasteiger partial charge in [0.25, 0.3) is 0 Å². The first-order valence-electron chi connectivity index (χ1n) is 11.5. The summed E-state index contributed by atoms with van der Waals surface area (Å²) in [5.41, 5.74) is 4.59. The molecule has 0 unspecified atom stereocenters. The Morgan fingerprint density at radius 3 is 2.45 bits per heavy atom. The first kappa shape index (κ1) is 25.3. The number of nitrogens with one attached hydrogen (secondary N) is 2. The monoisotopic (exact) mass is 472 g/mol. The third kappa shape index (κ3) is 6.19. The smallest absolute Gasteiger partial charge is 0.243 e. The Morgan fingerprint density at radius 1 is 1.24 bits per heavy atom. The van der Waals surface area contributed by atoms with Gasteiger partial charge in [0.2, 0.25) is 11.8 Å². The van der Waals surface area contributed by atoms with Crippen LogP contribution >= 0.6 is 11.3 Å². The molecule has 0 saturated carbocycles. The molecule has 2 aromatic rings. The second-order valence-electron chi connectivity index (χ2n) is 10.2. The molecule has 3 N–H and O–H groups in total. The predicted octanol–water partition coefficient (Wildman–Crippen LogP) is 3.11. The maximum atomic E-state index is 13.4. The van der Waals surface area contributed by atoms with Crippen LogP contribution < -0.4 is 10.6 Å². The van der Waals surface area contributed by atoms with Crippen molar-refractivity contribution in [2.45, 2.75) is 78.7 Å². The molecule has 1 aliphatic heterocycles. The number of aliphatic hydroxyl groups excluding tert-OH is 1. The number of hydrogen-bond donors (Lipinski definition) is 3. The minimum atomic E-state index is -0.703. The highest BCUT2D eigenvalue weighted by atomic mass is 32.1. The number of aromatic nitrogens is 1. The Morgan fingerprint density at radius 2 is 1.91 bits per heavy atom. The Kier molecular flexibility index (Phi) is 7.92. The molecule has 2 heterocycles. The van der Waals surface area contributed by atoms with Gasteiger partial charge in [-0.3, -0.25) is 9.59 Å². The second kappa shape index (κ2) is 10.3. The summed E-state index contributed by atoms with van der Waals surface area (Å²) in [5, 5.41) is 16.6. The highest BCUT2D eigenvalue weighted by Crippen LogP contribution is 2.28. The van der Waals surface area contributed by atoms with Crippen LogP contribution in [0.3, 0.4) is 0 Å². The molecule has 0 aliphatic carbocycles. The van der Waals surface area contributed by atoms with Crippen LogP contribution in [-0.4, -0.2) is 57.6 Å². The van der Waals surface area contributed by atoms with E-state index >= 15 is 0 Å². The van der Waals surface area contributed by atoms with E-state index in [4.69, 9.17) is 0 Å². The molecule has 1 saturated heterocycles. The van der Waals surface area contributed by atoms with Gasteiger partial charge in [-0.25, -0.2) is 4.98 Å². The lowest BCUT2D eigenvalue weighted by Crippen LogP contribution is -2.57. The van der Waals surface area contributed by atoms with Gasteiger partial charge < -0.3 is 20.6 Å². The Bertz CT molecular complexity index is 965. The van der Waals surface area contributed by atoms with Crippen molar-refractivity contribution >= 4 is 23.2 Å². The van der Waals surface area contributed by atoms with Crippen molar-refractivity contribution < 1.29 is 14.7 Å². The van der Waals surface area contributed by atoms with Gasteiger partial charge >= 0.3 is 0 Å². The molecular formula is C25H36N4O3S. The minimum Gasteiger partial charge on any atom is -0.391 e. The van der Waals surface area contributed by atoms with Gasteiger partial charge in [0, 0.05) is 25.6 Å². The van der Waals surface area contributed by atoms with Crippen LogP contribution in [0.25, 0.3) is 10.4 Å². The zero-order valence-corrected chi connectivity index (χ0v) is 21.2. The van der Waals surface area contributed by atoms with Crippen molar-refractivity contribution in [3.63, 3.8) is 0 Å². The number of aliphatic hydroxyl groups is 1. The minimum absolute atomic E-state index is 0.120. The van der Waals surface area contributed by atoms with E-state index in [1.807, 2.05) is 71.3 Å². The van der Waals surface area contributed by atoms with E-state index < -0.39 is 18.2 Å². The number of likely N-dealkylation sites (tertiary alicyclic amines) is 1. The van der Waals surface area contributed by atoms with Gasteiger partial charge in [0.05, 0.1) is 28.2 Å². The molecule has 3 rings (SSSR count). The third-order valence-electron chi connectivity index (χ3n) is 5.91. The molecule has 1 aromatic heterocycles. The van der Waals surface area contributed by atoms with E-state index in [0.717, 1.165) is 21.7 Å². The van der Waals surface area contributed by atoms with Crippen LogP contribution in [0.4, 0.5) is 0 Å². The molecule has 180 valence electrons. The number of aryl methyl sites for hydroxylation is 1. The molecule has 3 atom stereocenters. The van der Waals surface area contributed by atoms with Gasteiger partial charge in [0.1, 0.15) is 6.04 Å². The summed E-state index contributed by atoms with van der Waals surface area (Å²) in [6.07, 6.45) is -0.453. The maximum Gasteiger partial charge on any atom is 0.243 e. The SMILES string of the molecule is Cc1ncsc1-c1ccc(CNC(=O)[C@@H]2C[C@H](O)CN2C(=O)[C@H](NC(C)C)C(C)(C)C)cc1. The highest BCUT2D eigenvalue weighted by molar-refractivity contribution is 7.13. The molecule has 8 heteroatoms. The van der Waals surface area contributed by atoms with Gasteiger partial charge in [-0.2, -0.15) is 0 Å². The fraction of sp³-hybridized carbons (Fsp3) is 0.560. The quantitative estimate of drug-likeness (QED) is 0.576. The number of nitrogens with zero attached hydrogens (tertiary/aromatic N) is 2. The lowest BCUT2D eigenvalue weighted by atomic mass is 9.85. The van der Waals surface area contributed by atoms with Crippen molar-refractivity contribution in [2.24, 2.45) is 5.41 Å². The van der Waals surface area contributed by atoms with E-state index in [-0.39, 0.29) is 36.2 Å². The fourth-order valence-corrected chi connectivity index (χ4v) is 4.97. The Labute approximate surface area is 200 Å². The van der Waals surface area contributed by atoms with Gasteiger partial charge in [0.15, 0.2) is 0 Å². The Balaban J connectivity index is 1.66. The van der Waals surface area contributed by atoms with Crippen LogP contribution in [0.15, 0.2) is 29.8 Å². The Hall–Kier alpha value is -2.29. The van der Waals surface area contributed by atoms with Crippen molar-refractivity contribution in [1.29, 1.82) is 0 Å². The third-order valence-corrected chi connectivity index (χ3v) is 6.88. The molecular weight excluding hydrogens is 436 g/mol. The molecule has 0 bridgehead atoms. The molecule has 1 aliphatic rings. The molecule has 2 amide bonds. The fourth-order valence-electron chi connectivity index (χ4n) is 4.16. The molecule has 0 radical (unpaired) electrons. The number of carbonyl (C=O) groups excluding carboxylic acids is 2. The van der Waals surface area contributed by atoms with E-state index in [2.05, 4.69) is 15.6 Å². The van der Waals surface area contributed by atoms with Gasteiger partial charge in [-0.05, 0) is 23.5 Å². The first-order valence-corrected chi connectivity index (χ1v) is 12.4. The van der Waals surface area contributed by atoms with Crippen molar-refractivity contribution in [3.8, 4) is 10.4 Å². The zero-order chi connectivity index (χ0) is 24.3. The predicted molar refractivity (Wildman–Crippen MR) is 132 cm³/mol. The van der Waals surface area contributed by atoms with Crippen LogP contribution in [0.5, 0.6) is 0 Å². The summed E-state index contributed by atoms with van der Waals surface area (Å²) in [6.45, 7) is 12.5. The van der Waals surface area contributed by atoms with E-state index in [1.54, 1.807) is 16.2 Å². The van der Waals surface area contributed by atoms with E-state index in [0.29, 0.717) is 6.54 Å². The number of β-amino-alcohol motifs (C(OH)–C–C–N with tert-alkyl or cyclic N) is 1. The summed E-state index contributed by atoms with van der Waals surface area (Å²) in [5.74, 6) is -0.378. The number of amides is 2. The van der Waals surface area contributed by atoms with E-state index in [9.17, 15) is 14.7 Å².